The number of alkyl halides is 3. The molecule has 1 amide bonds. The Morgan fingerprint density at radius 1 is 0.926 bits per heavy atom. The summed E-state index contributed by atoms with van der Waals surface area (Å²) in [4.78, 5) is 41.6. The zero-order valence-electron chi connectivity index (χ0n) is 30.0. The number of rotatable bonds is 9. The lowest BCUT2D eigenvalue weighted by Gasteiger charge is -2.59. The standard InChI is InChI=1S/C40H43F3N6O5/c1-53-29-18-26(19-29)49-21-32(30-4-3-28(20-34(30)49)54-27-7-11-48(12-8-27)38-44-9-2-10-45-38)33-6-5-31(35(46-33)40(41,42)43)36(50)47-39(37(51)52)24-14-22-13-23(16-24)17-25(39)15-22/h2-6,9-10,20-27,29H,7-8,11-19H2,1H3,(H,47,50)(H,51,52). The summed E-state index contributed by atoms with van der Waals surface area (Å²) in [7, 11) is 1.67. The number of amides is 1. The van der Waals surface area contributed by atoms with E-state index < -0.39 is 34.8 Å². The minimum Gasteiger partial charge on any atom is -0.490 e. The van der Waals surface area contributed by atoms with Crippen molar-refractivity contribution in [2.75, 3.05) is 25.1 Å². The first-order valence-electron chi connectivity index (χ1n) is 19.0. The second kappa shape index (κ2) is 13.2. The van der Waals surface area contributed by atoms with Crippen LogP contribution in [-0.2, 0) is 15.7 Å². The van der Waals surface area contributed by atoms with Crippen LogP contribution >= 0.6 is 0 Å². The fraction of sp³-hybridized carbons (Fsp3) is 0.525. The molecule has 2 N–H and O–H groups in total. The zero-order chi connectivity index (χ0) is 37.4. The second-order valence-corrected chi connectivity index (χ2v) is 16.0. The van der Waals surface area contributed by atoms with Gasteiger partial charge in [-0.1, -0.05) is 0 Å². The first-order valence-corrected chi connectivity index (χ1v) is 19.0. The van der Waals surface area contributed by atoms with Gasteiger partial charge in [-0.25, -0.2) is 19.7 Å². The highest BCUT2D eigenvalue weighted by Crippen LogP contribution is 2.58. The minimum absolute atomic E-state index is 0.0271. The monoisotopic (exact) mass is 744 g/mol. The van der Waals surface area contributed by atoms with Crippen molar-refractivity contribution in [1.29, 1.82) is 0 Å². The number of aromatic nitrogens is 4. The number of hydrogen-bond acceptors (Lipinski definition) is 8. The van der Waals surface area contributed by atoms with Gasteiger partial charge in [0.05, 0.1) is 22.9 Å². The highest BCUT2D eigenvalue weighted by molar-refractivity contribution is 6.00. The summed E-state index contributed by atoms with van der Waals surface area (Å²) < 4.78 is 58.5. The molecule has 10 rings (SSSR count). The summed E-state index contributed by atoms with van der Waals surface area (Å²) in [6.07, 6.45) is 7.14. The maximum Gasteiger partial charge on any atom is 0.434 e. The van der Waals surface area contributed by atoms with Gasteiger partial charge in [0.15, 0.2) is 5.69 Å². The van der Waals surface area contributed by atoms with Crippen LogP contribution in [0.3, 0.4) is 0 Å². The van der Waals surface area contributed by atoms with E-state index in [-0.39, 0.29) is 35.8 Å². The summed E-state index contributed by atoms with van der Waals surface area (Å²) in [5.74, 6) is -0.667. The van der Waals surface area contributed by atoms with Crippen LogP contribution in [0.5, 0.6) is 5.75 Å². The van der Waals surface area contributed by atoms with E-state index in [1.54, 1.807) is 25.6 Å². The number of piperidine rings is 1. The SMILES string of the molecule is COC1CC(n2cc(-c3ccc(C(=O)NC4(C(=O)O)C5CC6CC(C5)CC4C6)c(C(F)(F)F)n3)c3ccc(OC4CCN(c5ncccn5)CC4)cc32)C1. The van der Waals surface area contributed by atoms with Crippen LogP contribution in [0.1, 0.15) is 79.9 Å². The summed E-state index contributed by atoms with van der Waals surface area (Å²) in [5.41, 5.74) is -2.23. The molecule has 54 heavy (non-hydrogen) atoms. The summed E-state index contributed by atoms with van der Waals surface area (Å²) in [6.45, 7) is 1.50. The Balaban J connectivity index is 1.02. The van der Waals surface area contributed by atoms with E-state index in [9.17, 15) is 27.9 Å². The maximum atomic E-state index is 14.8. The van der Waals surface area contributed by atoms with E-state index in [1.165, 1.54) is 6.07 Å². The Bertz CT molecular complexity index is 2050. The van der Waals surface area contributed by atoms with E-state index in [0.717, 1.165) is 56.8 Å². The van der Waals surface area contributed by atoms with Crippen molar-refractivity contribution in [2.45, 2.75) is 87.8 Å². The van der Waals surface area contributed by atoms with Crippen molar-refractivity contribution in [3.05, 3.63) is 66.2 Å². The molecule has 6 fully saturated rings. The molecule has 3 aromatic heterocycles. The number of nitrogens with one attached hydrogen (secondary N) is 1. The molecule has 14 heteroatoms. The third kappa shape index (κ3) is 5.97. The Morgan fingerprint density at radius 3 is 2.24 bits per heavy atom. The van der Waals surface area contributed by atoms with E-state index in [2.05, 4.69) is 29.7 Å². The number of anilines is 1. The largest absolute Gasteiger partial charge is 0.490 e. The van der Waals surface area contributed by atoms with E-state index in [4.69, 9.17) is 9.47 Å². The van der Waals surface area contributed by atoms with Gasteiger partial charge in [0, 0.05) is 74.7 Å². The predicted molar refractivity (Wildman–Crippen MR) is 192 cm³/mol. The minimum atomic E-state index is -4.97. The number of pyridine rings is 1. The lowest BCUT2D eigenvalue weighted by Crippen LogP contribution is -2.70. The molecule has 284 valence electrons. The molecular formula is C40H43F3N6O5. The topological polar surface area (TPSA) is 132 Å². The normalized spacial score (nSPS) is 29.3. The van der Waals surface area contributed by atoms with E-state index in [0.29, 0.717) is 60.2 Å². The van der Waals surface area contributed by atoms with Crippen molar-refractivity contribution in [1.82, 2.24) is 24.8 Å². The number of carboxylic acids is 1. The quantitative estimate of drug-likeness (QED) is 0.188. The van der Waals surface area contributed by atoms with Crippen molar-refractivity contribution >= 4 is 28.7 Å². The number of hydrogen-bond donors (Lipinski definition) is 2. The van der Waals surface area contributed by atoms with E-state index in [1.807, 2.05) is 24.4 Å². The molecule has 1 saturated heterocycles. The maximum absolute atomic E-state index is 14.8. The van der Waals surface area contributed by atoms with Crippen LogP contribution in [0.15, 0.2) is 55.0 Å². The van der Waals surface area contributed by atoms with Crippen molar-refractivity contribution < 1.29 is 37.3 Å². The Morgan fingerprint density at radius 2 is 1.61 bits per heavy atom. The van der Waals surface area contributed by atoms with Gasteiger partial charge in [0.25, 0.3) is 5.91 Å². The predicted octanol–water partition coefficient (Wildman–Crippen LogP) is 6.92. The molecule has 4 bridgehead atoms. The summed E-state index contributed by atoms with van der Waals surface area (Å²) in [6, 6.07) is 10.1. The molecule has 0 spiro atoms. The van der Waals surface area contributed by atoms with Crippen LogP contribution in [0.25, 0.3) is 22.2 Å². The number of benzene rings is 1. The number of halogens is 3. The van der Waals surface area contributed by atoms with Crippen LogP contribution in [0.4, 0.5) is 19.1 Å². The lowest BCUT2D eigenvalue weighted by molar-refractivity contribution is -0.163. The van der Waals surface area contributed by atoms with Crippen LogP contribution in [0, 0.1) is 23.7 Å². The fourth-order valence-electron chi connectivity index (χ4n) is 10.4. The van der Waals surface area contributed by atoms with E-state index >= 15 is 0 Å². The molecule has 11 nitrogen and oxygen atoms in total. The van der Waals surface area contributed by atoms with Gasteiger partial charge in [-0.2, -0.15) is 13.2 Å². The third-order valence-corrected chi connectivity index (χ3v) is 13.0. The van der Waals surface area contributed by atoms with Gasteiger partial charge in [-0.3, -0.25) is 4.79 Å². The number of aliphatic carboxylic acids is 1. The van der Waals surface area contributed by atoms with Crippen molar-refractivity contribution in [2.24, 2.45) is 23.7 Å². The Labute approximate surface area is 310 Å². The van der Waals surface area contributed by atoms with Crippen molar-refractivity contribution in [3.63, 3.8) is 0 Å². The number of methoxy groups -OCH3 is 1. The van der Waals surface area contributed by atoms with Crippen LogP contribution < -0.4 is 15.0 Å². The molecule has 0 radical (unpaired) electrons. The molecular weight excluding hydrogens is 701 g/mol. The summed E-state index contributed by atoms with van der Waals surface area (Å²) in [5, 5.41) is 13.9. The first kappa shape index (κ1) is 35.0. The van der Waals surface area contributed by atoms with Gasteiger partial charge in [-0.05, 0) is 98.9 Å². The van der Waals surface area contributed by atoms with Gasteiger partial charge in [-0.15, -0.1) is 0 Å². The fourth-order valence-corrected chi connectivity index (χ4v) is 10.4. The molecule has 5 aliphatic carbocycles. The average molecular weight is 745 g/mol. The zero-order valence-corrected chi connectivity index (χ0v) is 30.0. The third-order valence-electron chi connectivity index (χ3n) is 13.0. The van der Waals surface area contributed by atoms with Gasteiger partial charge < -0.3 is 29.4 Å². The van der Waals surface area contributed by atoms with Gasteiger partial charge >= 0.3 is 12.1 Å². The molecule has 1 aliphatic heterocycles. The number of carbonyl (C=O) groups excluding carboxylic acids is 1. The number of carboxylic acid groups (broad SMARTS) is 1. The molecule has 1 aromatic carbocycles. The molecule has 0 atom stereocenters. The lowest BCUT2D eigenvalue weighted by atomic mass is 9.48. The second-order valence-electron chi connectivity index (χ2n) is 16.0. The van der Waals surface area contributed by atoms with Crippen molar-refractivity contribution in [3.8, 4) is 17.0 Å². The average Bonchev–Trinajstić information content (AvgIpc) is 3.50. The highest BCUT2D eigenvalue weighted by atomic mass is 19.4. The first-order chi connectivity index (χ1) is 26.0. The number of fused-ring (bicyclic) bond motifs is 1. The summed E-state index contributed by atoms with van der Waals surface area (Å²) >= 11 is 0. The van der Waals surface area contributed by atoms with Crippen LogP contribution in [-0.4, -0.2) is 74.4 Å². The molecule has 4 heterocycles. The molecule has 4 aromatic rings. The van der Waals surface area contributed by atoms with Crippen LogP contribution in [0.2, 0.25) is 0 Å². The molecule has 6 aliphatic rings. The van der Waals surface area contributed by atoms with Gasteiger partial charge in [0.1, 0.15) is 17.4 Å². The smallest absolute Gasteiger partial charge is 0.434 e. The number of carbonyl (C=O) groups is 2. The number of ether oxygens (including phenoxy) is 2. The highest BCUT2D eigenvalue weighted by Gasteiger charge is 2.62. The molecule has 0 unspecified atom stereocenters. The number of nitrogens with zero attached hydrogens (tertiary/aromatic N) is 5. The van der Waals surface area contributed by atoms with Gasteiger partial charge in [0.2, 0.25) is 5.95 Å². The Hall–Kier alpha value is -4.72. The Kier molecular flexibility index (Phi) is 8.59. The molecule has 5 saturated carbocycles.